The van der Waals surface area contributed by atoms with E-state index in [0.717, 1.165) is 29.4 Å². The standard InChI is InChI=1S/C15H18N6O2S2/c1-3-5-12-18-20-15(21(12)8-11-6-4-7-23-11)24-9-13(22)16-14-19-17-10(2)25-14/h4,6-7H,3,5,8-9H2,1-2H3,(H,16,19,22). The Morgan fingerprint density at radius 1 is 1.36 bits per heavy atom. The van der Waals surface area contributed by atoms with Gasteiger partial charge in [0, 0.05) is 6.42 Å². The van der Waals surface area contributed by atoms with E-state index < -0.39 is 0 Å². The van der Waals surface area contributed by atoms with E-state index in [0.29, 0.717) is 16.8 Å². The average Bonchev–Trinajstić information content (AvgIpc) is 3.31. The van der Waals surface area contributed by atoms with E-state index in [1.807, 2.05) is 23.6 Å². The molecule has 1 amide bonds. The van der Waals surface area contributed by atoms with Crippen molar-refractivity contribution in [1.82, 2.24) is 25.0 Å². The summed E-state index contributed by atoms with van der Waals surface area (Å²) in [6, 6.07) is 3.76. The van der Waals surface area contributed by atoms with Crippen LogP contribution in [0.3, 0.4) is 0 Å². The van der Waals surface area contributed by atoms with Gasteiger partial charge in [0.25, 0.3) is 0 Å². The lowest BCUT2D eigenvalue weighted by molar-refractivity contribution is -0.113. The van der Waals surface area contributed by atoms with Crippen molar-refractivity contribution in [3.8, 4) is 0 Å². The molecule has 10 heteroatoms. The molecule has 0 aliphatic carbocycles. The van der Waals surface area contributed by atoms with Gasteiger partial charge in [0.05, 0.1) is 18.6 Å². The lowest BCUT2D eigenvalue weighted by Crippen LogP contribution is -2.15. The van der Waals surface area contributed by atoms with Crippen LogP contribution in [0.4, 0.5) is 5.13 Å². The quantitative estimate of drug-likeness (QED) is 0.602. The fraction of sp³-hybridized carbons (Fsp3) is 0.400. The molecule has 0 spiro atoms. The molecule has 0 fully saturated rings. The summed E-state index contributed by atoms with van der Waals surface area (Å²) in [5.41, 5.74) is 0. The van der Waals surface area contributed by atoms with Crippen molar-refractivity contribution in [1.29, 1.82) is 0 Å². The summed E-state index contributed by atoms with van der Waals surface area (Å²) in [6.45, 7) is 4.49. The number of nitrogens with one attached hydrogen (secondary N) is 1. The van der Waals surface area contributed by atoms with E-state index in [4.69, 9.17) is 4.42 Å². The molecule has 132 valence electrons. The number of aryl methyl sites for hydroxylation is 2. The Bertz CT molecular complexity index is 827. The number of nitrogens with zero attached hydrogens (tertiary/aromatic N) is 5. The summed E-state index contributed by atoms with van der Waals surface area (Å²) in [5, 5.41) is 21.0. The van der Waals surface area contributed by atoms with E-state index in [1.165, 1.54) is 23.1 Å². The lowest BCUT2D eigenvalue weighted by Gasteiger charge is -2.08. The lowest BCUT2D eigenvalue weighted by atomic mass is 10.3. The number of amides is 1. The van der Waals surface area contributed by atoms with Crippen LogP contribution in [0.1, 0.15) is 29.9 Å². The highest BCUT2D eigenvalue weighted by molar-refractivity contribution is 7.99. The maximum Gasteiger partial charge on any atom is 0.236 e. The number of aromatic nitrogens is 5. The molecule has 1 N–H and O–H groups in total. The molecule has 0 aromatic carbocycles. The van der Waals surface area contributed by atoms with Crippen LogP contribution in [0.25, 0.3) is 0 Å². The molecule has 3 aromatic rings. The van der Waals surface area contributed by atoms with Gasteiger partial charge in [-0.3, -0.25) is 14.7 Å². The monoisotopic (exact) mass is 378 g/mol. The number of hydrogen-bond donors (Lipinski definition) is 1. The highest BCUT2D eigenvalue weighted by Crippen LogP contribution is 2.21. The molecule has 0 saturated carbocycles. The molecular weight excluding hydrogens is 360 g/mol. The highest BCUT2D eigenvalue weighted by Gasteiger charge is 2.15. The molecule has 3 heterocycles. The summed E-state index contributed by atoms with van der Waals surface area (Å²) in [5.74, 6) is 1.79. The minimum atomic E-state index is -0.147. The van der Waals surface area contributed by atoms with Crippen molar-refractivity contribution >= 4 is 34.1 Å². The van der Waals surface area contributed by atoms with Gasteiger partial charge in [-0.1, -0.05) is 30.0 Å². The number of carbonyl (C=O) groups is 1. The molecule has 8 nitrogen and oxygen atoms in total. The Balaban J connectivity index is 1.65. The normalized spacial score (nSPS) is 11.0. The summed E-state index contributed by atoms with van der Waals surface area (Å²) in [7, 11) is 0. The molecule has 25 heavy (non-hydrogen) atoms. The second kappa shape index (κ2) is 8.26. The minimum Gasteiger partial charge on any atom is -0.467 e. The Kier molecular flexibility index (Phi) is 5.82. The van der Waals surface area contributed by atoms with Crippen molar-refractivity contribution in [3.05, 3.63) is 35.0 Å². The summed E-state index contributed by atoms with van der Waals surface area (Å²) in [4.78, 5) is 12.1. The number of rotatable bonds is 8. The van der Waals surface area contributed by atoms with Crippen molar-refractivity contribution in [2.24, 2.45) is 0 Å². The second-order valence-electron chi connectivity index (χ2n) is 5.28. The predicted octanol–water partition coefficient (Wildman–Crippen LogP) is 2.76. The van der Waals surface area contributed by atoms with Crippen molar-refractivity contribution in [3.63, 3.8) is 0 Å². The minimum absolute atomic E-state index is 0.147. The summed E-state index contributed by atoms with van der Waals surface area (Å²) >= 11 is 2.69. The Morgan fingerprint density at radius 2 is 2.24 bits per heavy atom. The third kappa shape index (κ3) is 4.67. The van der Waals surface area contributed by atoms with Gasteiger partial charge in [-0.05, 0) is 25.5 Å². The zero-order valence-corrected chi connectivity index (χ0v) is 15.6. The van der Waals surface area contributed by atoms with Crippen LogP contribution in [0.15, 0.2) is 28.0 Å². The first-order valence-corrected chi connectivity index (χ1v) is 9.63. The molecule has 0 aliphatic heterocycles. The second-order valence-corrected chi connectivity index (χ2v) is 7.40. The molecule has 3 aromatic heterocycles. The zero-order chi connectivity index (χ0) is 17.6. The summed E-state index contributed by atoms with van der Waals surface area (Å²) in [6.07, 6.45) is 3.44. The first kappa shape index (κ1) is 17.6. The molecule has 0 bridgehead atoms. The van der Waals surface area contributed by atoms with E-state index >= 15 is 0 Å². The first-order chi connectivity index (χ1) is 12.2. The number of carbonyl (C=O) groups excluding carboxylic acids is 1. The fourth-order valence-electron chi connectivity index (χ4n) is 2.18. The van der Waals surface area contributed by atoms with Gasteiger partial charge in [0.15, 0.2) is 5.16 Å². The number of hydrogen-bond acceptors (Lipinski definition) is 8. The van der Waals surface area contributed by atoms with E-state index in [2.05, 4.69) is 32.6 Å². The van der Waals surface area contributed by atoms with Gasteiger partial charge in [0.2, 0.25) is 11.0 Å². The van der Waals surface area contributed by atoms with Crippen LogP contribution in [0, 0.1) is 6.92 Å². The molecule has 0 saturated heterocycles. The molecule has 0 atom stereocenters. The van der Waals surface area contributed by atoms with Crippen LogP contribution in [0.2, 0.25) is 0 Å². The maximum atomic E-state index is 12.1. The van der Waals surface area contributed by atoms with E-state index in [9.17, 15) is 4.79 Å². The van der Waals surface area contributed by atoms with Gasteiger partial charge in [0.1, 0.15) is 16.6 Å². The maximum absolute atomic E-state index is 12.1. The Morgan fingerprint density at radius 3 is 2.92 bits per heavy atom. The SMILES string of the molecule is CCCc1nnc(SCC(=O)Nc2nnc(C)s2)n1Cc1ccco1. The smallest absolute Gasteiger partial charge is 0.236 e. The molecular formula is C15H18N6O2S2. The number of thioether (sulfide) groups is 1. The van der Waals surface area contributed by atoms with E-state index in [1.54, 1.807) is 6.26 Å². The van der Waals surface area contributed by atoms with Crippen molar-refractivity contribution < 1.29 is 9.21 Å². The first-order valence-electron chi connectivity index (χ1n) is 7.83. The van der Waals surface area contributed by atoms with Gasteiger partial charge >= 0.3 is 0 Å². The topological polar surface area (TPSA) is 98.7 Å². The number of furan rings is 1. The highest BCUT2D eigenvalue weighted by atomic mass is 32.2. The molecule has 0 radical (unpaired) electrons. The molecule has 3 rings (SSSR count). The number of anilines is 1. The zero-order valence-electron chi connectivity index (χ0n) is 13.9. The third-order valence-corrected chi connectivity index (χ3v) is 4.99. The van der Waals surface area contributed by atoms with Crippen LogP contribution in [-0.4, -0.2) is 36.6 Å². The van der Waals surface area contributed by atoms with Crippen LogP contribution < -0.4 is 5.32 Å². The predicted molar refractivity (Wildman–Crippen MR) is 95.8 cm³/mol. The largest absolute Gasteiger partial charge is 0.467 e. The third-order valence-electron chi connectivity index (χ3n) is 3.27. The Hall–Kier alpha value is -2.20. The average molecular weight is 378 g/mol. The van der Waals surface area contributed by atoms with E-state index in [-0.39, 0.29) is 11.7 Å². The van der Waals surface area contributed by atoms with Gasteiger partial charge in [-0.2, -0.15) is 0 Å². The Labute approximate surface area is 153 Å². The van der Waals surface area contributed by atoms with Gasteiger partial charge in [-0.25, -0.2) is 0 Å². The summed E-state index contributed by atoms with van der Waals surface area (Å²) < 4.78 is 7.42. The van der Waals surface area contributed by atoms with Crippen LogP contribution in [-0.2, 0) is 17.8 Å². The van der Waals surface area contributed by atoms with Crippen LogP contribution in [0.5, 0.6) is 0 Å². The van der Waals surface area contributed by atoms with Crippen LogP contribution >= 0.6 is 23.1 Å². The molecule has 0 aliphatic rings. The molecule has 0 unspecified atom stereocenters. The van der Waals surface area contributed by atoms with Crippen molar-refractivity contribution in [2.45, 2.75) is 38.4 Å². The van der Waals surface area contributed by atoms with Gasteiger partial charge < -0.3 is 4.42 Å². The van der Waals surface area contributed by atoms with Crippen molar-refractivity contribution in [2.75, 3.05) is 11.1 Å². The van der Waals surface area contributed by atoms with Gasteiger partial charge in [-0.15, -0.1) is 20.4 Å². The fourth-order valence-corrected chi connectivity index (χ4v) is 3.55.